The number of hydrogen-bond acceptors (Lipinski definition) is 3. The number of esters is 1. The first-order valence-corrected chi connectivity index (χ1v) is 7.24. The summed E-state index contributed by atoms with van der Waals surface area (Å²) in [5, 5.41) is 0.933. The molecule has 2 rings (SSSR count). The van der Waals surface area contributed by atoms with Crippen molar-refractivity contribution in [2.24, 2.45) is 0 Å². The highest BCUT2D eigenvalue weighted by atomic mass is 35.5. The Bertz CT molecular complexity index is 627. The van der Waals surface area contributed by atoms with Crippen molar-refractivity contribution in [2.75, 3.05) is 5.73 Å². The number of halogens is 2. The van der Waals surface area contributed by atoms with E-state index in [9.17, 15) is 4.79 Å². The molecule has 0 aliphatic heterocycles. The number of ether oxygens (including phenoxy) is 1. The van der Waals surface area contributed by atoms with Crippen molar-refractivity contribution in [1.29, 1.82) is 0 Å². The molecule has 2 aromatic rings. The summed E-state index contributed by atoms with van der Waals surface area (Å²) in [6.07, 6.45) is 0.950. The second kappa shape index (κ2) is 7.34. The minimum atomic E-state index is -0.252. The van der Waals surface area contributed by atoms with Crippen LogP contribution in [-0.4, -0.2) is 5.97 Å². The predicted octanol–water partition coefficient (Wildman–Crippen LogP) is 4.25. The Labute approximate surface area is 133 Å². The summed E-state index contributed by atoms with van der Waals surface area (Å²) < 4.78 is 5.20. The van der Waals surface area contributed by atoms with Crippen LogP contribution in [0, 0.1) is 0 Å². The van der Waals surface area contributed by atoms with Crippen LogP contribution in [0.4, 0.5) is 5.69 Å². The molecule has 3 nitrogen and oxygen atoms in total. The minimum Gasteiger partial charge on any atom is -0.461 e. The molecule has 0 atom stereocenters. The molecule has 0 unspecified atom stereocenters. The lowest BCUT2D eigenvalue weighted by Gasteiger charge is -2.06. The summed E-state index contributed by atoms with van der Waals surface area (Å²) in [6, 6.07) is 12.6. The summed E-state index contributed by atoms with van der Waals surface area (Å²) in [6.45, 7) is 0.192. The topological polar surface area (TPSA) is 52.3 Å². The van der Waals surface area contributed by atoms with Crippen molar-refractivity contribution >= 4 is 34.9 Å². The average molecular weight is 324 g/mol. The second-order valence-corrected chi connectivity index (χ2v) is 5.47. The first-order chi connectivity index (χ1) is 10.0. The normalized spacial score (nSPS) is 10.4. The molecule has 21 heavy (non-hydrogen) atoms. The van der Waals surface area contributed by atoms with Crippen molar-refractivity contribution in [3.63, 3.8) is 0 Å². The number of rotatable bonds is 5. The molecule has 0 heterocycles. The van der Waals surface area contributed by atoms with Gasteiger partial charge in [-0.1, -0.05) is 41.4 Å². The van der Waals surface area contributed by atoms with Gasteiger partial charge in [-0.25, -0.2) is 0 Å². The van der Waals surface area contributed by atoms with Gasteiger partial charge in [0.05, 0.1) is 10.0 Å². The predicted molar refractivity (Wildman–Crippen MR) is 85.4 cm³/mol. The number of aryl methyl sites for hydroxylation is 1. The lowest BCUT2D eigenvalue weighted by molar-refractivity contribution is -0.144. The zero-order chi connectivity index (χ0) is 15.2. The molecule has 5 heteroatoms. The van der Waals surface area contributed by atoms with Crippen LogP contribution in [0.3, 0.4) is 0 Å². The maximum absolute atomic E-state index is 11.7. The lowest BCUT2D eigenvalue weighted by atomic mass is 10.1. The molecule has 0 bridgehead atoms. The fourth-order valence-corrected chi connectivity index (χ4v) is 2.12. The van der Waals surface area contributed by atoms with E-state index in [-0.39, 0.29) is 12.6 Å². The van der Waals surface area contributed by atoms with Crippen LogP contribution in [-0.2, 0) is 22.6 Å². The van der Waals surface area contributed by atoms with Crippen LogP contribution >= 0.6 is 23.2 Å². The van der Waals surface area contributed by atoms with Gasteiger partial charge in [-0.15, -0.1) is 0 Å². The van der Waals surface area contributed by atoms with Gasteiger partial charge in [0.25, 0.3) is 0 Å². The van der Waals surface area contributed by atoms with E-state index in [1.807, 2.05) is 24.3 Å². The summed E-state index contributed by atoms with van der Waals surface area (Å²) in [7, 11) is 0. The van der Waals surface area contributed by atoms with Crippen LogP contribution in [0.15, 0.2) is 42.5 Å². The summed E-state index contributed by atoms with van der Waals surface area (Å²) >= 11 is 11.7. The number of carbonyl (C=O) groups is 1. The third-order valence-corrected chi connectivity index (χ3v) is 3.72. The number of anilines is 1. The van der Waals surface area contributed by atoms with Gasteiger partial charge in [-0.3, -0.25) is 4.79 Å². The molecule has 0 aliphatic rings. The fourth-order valence-electron chi connectivity index (χ4n) is 1.80. The van der Waals surface area contributed by atoms with Crippen molar-refractivity contribution in [2.45, 2.75) is 19.4 Å². The highest BCUT2D eigenvalue weighted by Gasteiger charge is 2.06. The van der Waals surface area contributed by atoms with Gasteiger partial charge in [0.15, 0.2) is 0 Å². The summed E-state index contributed by atoms with van der Waals surface area (Å²) in [4.78, 5) is 11.7. The van der Waals surface area contributed by atoms with Gasteiger partial charge in [-0.05, 0) is 41.8 Å². The Kier molecular flexibility index (Phi) is 5.48. The molecule has 110 valence electrons. The van der Waals surface area contributed by atoms with Gasteiger partial charge in [0.2, 0.25) is 0 Å². The Morgan fingerprint density at radius 3 is 2.33 bits per heavy atom. The Morgan fingerprint density at radius 2 is 1.67 bits per heavy atom. The van der Waals surface area contributed by atoms with Crippen LogP contribution in [0.25, 0.3) is 0 Å². The molecule has 2 aromatic carbocycles. The van der Waals surface area contributed by atoms with E-state index >= 15 is 0 Å². The maximum atomic E-state index is 11.7. The van der Waals surface area contributed by atoms with E-state index in [1.54, 1.807) is 18.2 Å². The number of hydrogen-bond donors (Lipinski definition) is 1. The largest absolute Gasteiger partial charge is 0.461 e. The zero-order valence-corrected chi connectivity index (χ0v) is 12.8. The quantitative estimate of drug-likeness (QED) is 0.661. The minimum absolute atomic E-state index is 0.192. The van der Waals surface area contributed by atoms with Gasteiger partial charge < -0.3 is 10.5 Å². The third kappa shape index (κ3) is 4.96. The molecule has 0 aliphatic carbocycles. The van der Waals surface area contributed by atoms with E-state index in [4.69, 9.17) is 33.7 Å². The Hall–Kier alpha value is -1.71. The number of nitrogens with two attached hydrogens (primary N) is 1. The smallest absolute Gasteiger partial charge is 0.306 e. The molecule has 0 aromatic heterocycles. The highest BCUT2D eigenvalue weighted by molar-refractivity contribution is 6.42. The van der Waals surface area contributed by atoms with Crippen molar-refractivity contribution < 1.29 is 9.53 Å². The molecule has 0 radical (unpaired) electrons. The molecular weight excluding hydrogens is 309 g/mol. The molecular formula is C16H15Cl2NO2. The number of benzene rings is 2. The van der Waals surface area contributed by atoms with E-state index in [0.29, 0.717) is 28.6 Å². The van der Waals surface area contributed by atoms with E-state index in [2.05, 4.69) is 0 Å². The zero-order valence-electron chi connectivity index (χ0n) is 11.3. The molecule has 0 amide bonds. The maximum Gasteiger partial charge on any atom is 0.306 e. The molecule has 0 spiro atoms. The van der Waals surface area contributed by atoms with E-state index in [1.165, 1.54) is 0 Å². The molecule has 0 saturated carbocycles. The average Bonchev–Trinajstić information content (AvgIpc) is 2.48. The van der Waals surface area contributed by atoms with Gasteiger partial charge >= 0.3 is 5.97 Å². The SMILES string of the molecule is Nc1ccc(CCC(=O)OCc2ccc(Cl)c(Cl)c2)cc1. The number of carbonyl (C=O) groups excluding carboxylic acids is 1. The Morgan fingerprint density at radius 1 is 1.00 bits per heavy atom. The molecule has 2 N–H and O–H groups in total. The van der Waals surface area contributed by atoms with Crippen molar-refractivity contribution in [1.82, 2.24) is 0 Å². The van der Waals surface area contributed by atoms with Gasteiger partial charge in [0.1, 0.15) is 6.61 Å². The first-order valence-electron chi connectivity index (χ1n) is 6.48. The highest BCUT2D eigenvalue weighted by Crippen LogP contribution is 2.23. The summed E-state index contributed by atoms with van der Waals surface area (Å²) in [5.41, 5.74) is 8.18. The van der Waals surface area contributed by atoms with Crippen molar-refractivity contribution in [3.05, 3.63) is 63.6 Å². The molecule has 0 saturated heterocycles. The van der Waals surface area contributed by atoms with E-state index in [0.717, 1.165) is 11.1 Å². The fraction of sp³-hybridized carbons (Fsp3) is 0.188. The van der Waals surface area contributed by atoms with Gasteiger partial charge in [0, 0.05) is 12.1 Å². The first kappa shape index (κ1) is 15.7. The van der Waals surface area contributed by atoms with Gasteiger partial charge in [-0.2, -0.15) is 0 Å². The Balaban J connectivity index is 1.79. The standard InChI is InChI=1S/C16H15Cl2NO2/c17-14-7-3-12(9-15(14)18)10-21-16(20)8-4-11-1-5-13(19)6-2-11/h1-3,5-7,9H,4,8,10,19H2. The number of nitrogen functional groups attached to an aromatic ring is 1. The van der Waals surface area contributed by atoms with Crippen LogP contribution in [0.2, 0.25) is 10.0 Å². The monoisotopic (exact) mass is 323 g/mol. The summed E-state index contributed by atoms with van der Waals surface area (Å²) in [5.74, 6) is -0.252. The second-order valence-electron chi connectivity index (χ2n) is 4.65. The molecule has 0 fully saturated rings. The lowest BCUT2D eigenvalue weighted by Crippen LogP contribution is -2.06. The van der Waals surface area contributed by atoms with Crippen LogP contribution < -0.4 is 5.73 Å². The van der Waals surface area contributed by atoms with Crippen molar-refractivity contribution in [3.8, 4) is 0 Å². The van der Waals surface area contributed by atoms with Crippen LogP contribution in [0.1, 0.15) is 17.5 Å². The van der Waals surface area contributed by atoms with E-state index < -0.39 is 0 Å². The third-order valence-electron chi connectivity index (χ3n) is 2.98. The van der Waals surface area contributed by atoms with Crippen LogP contribution in [0.5, 0.6) is 0 Å².